The Hall–Kier alpha value is -0.380. The molecule has 0 bridgehead atoms. The number of hydrogen-bond acceptors (Lipinski definition) is 3. The minimum absolute atomic E-state index is 0.120. The van der Waals surface area contributed by atoms with E-state index in [0.717, 1.165) is 36.3 Å². The standard InChI is InChI=1S/C13H16ClNOS/c14-11-7-9(13(15)4-5-13)1-2-12(11)16-10-3-6-17-8-10/h1-2,7,10H,3-6,8,15H2. The molecule has 2 N–H and O–H groups in total. The zero-order valence-electron chi connectivity index (χ0n) is 9.62. The van der Waals surface area contributed by atoms with Crippen molar-refractivity contribution in [1.29, 1.82) is 0 Å². The number of ether oxygens (including phenoxy) is 1. The first-order chi connectivity index (χ1) is 8.17. The predicted molar refractivity (Wildman–Crippen MR) is 72.9 cm³/mol. The van der Waals surface area contributed by atoms with Gasteiger partial charge < -0.3 is 10.5 Å². The largest absolute Gasteiger partial charge is 0.488 e. The molecule has 2 fully saturated rings. The van der Waals surface area contributed by atoms with Crippen LogP contribution in [0.1, 0.15) is 24.8 Å². The van der Waals surface area contributed by atoms with Crippen molar-refractivity contribution in [2.24, 2.45) is 5.73 Å². The van der Waals surface area contributed by atoms with Gasteiger partial charge in [-0.1, -0.05) is 17.7 Å². The molecule has 0 radical (unpaired) electrons. The third-order valence-corrected chi connectivity index (χ3v) is 4.90. The second-order valence-corrected chi connectivity index (χ2v) is 6.46. The summed E-state index contributed by atoms with van der Waals surface area (Å²) in [6.45, 7) is 0. The van der Waals surface area contributed by atoms with Gasteiger partial charge in [0.15, 0.2) is 0 Å². The Morgan fingerprint density at radius 3 is 2.82 bits per heavy atom. The molecule has 1 aromatic rings. The van der Waals surface area contributed by atoms with Crippen molar-refractivity contribution in [2.75, 3.05) is 11.5 Å². The van der Waals surface area contributed by atoms with Crippen LogP contribution >= 0.6 is 23.4 Å². The van der Waals surface area contributed by atoms with Gasteiger partial charge >= 0.3 is 0 Å². The third-order valence-electron chi connectivity index (χ3n) is 3.48. The molecule has 1 aromatic carbocycles. The molecule has 1 atom stereocenters. The molecule has 1 heterocycles. The van der Waals surface area contributed by atoms with Crippen molar-refractivity contribution in [2.45, 2.75) is 30.9 Å². The van der Waals surface area contributed by atoms with Crippen molar-refractivity contribution in [3.05, 3.63) is 28.8 Å². The Bertz CT molecular complexity index is 427. The lowest BCUT2D eigenvalue weighted by molar-refractivity contribution is 0.229. The molecule has 0 aromatic heterocycles. The number of thioether (sulfide) groups is 1. The molecule has 2 aliphatic rings. The first kappa shape index (κ1) is 11.7. The Balaban J connectivity index is 1.76. The second-order valence-electron chi connectivity index (χ2n) is 4.90. The summed E-state index contributed by atoms with van der Waals surface area (Å²) >= 11 is 8.19. The summed E-state index contributed by atoms with van der Waals surface area (Å²) in [4.78, 5) is 0. The first-order valence-corrected chi connectivity index (χ1v) is 7.54. The zero-order chi connectivity index (χ0) is 11.9. The van der Waals surface area contributed by atoms with E-state index in [1.165, 1.54) is 5.75 Å². The van der Waals surface area contributed by atoms with Gasteiger partial charge in [0.05, 0.1) is 5.02 Å². The van der Waals surface area contributed by atoms with Crippen LogP contribution in [-0.2, 0) is 5.54 Å². The second kappa shape index (κ2) is 4.38. The Morgan fingerprint density at radius 1 is 1.41 bits per heavy atom. The lowest BCUT2D eigenvalue weighted by atomic mass is 10.1. The highest BCUT2D eigenvalue weighted by atomic mass is 35.5. The fourth-order valence-electron chi connectivity index (χ4n) is 2.11. The average Bonchev–Trinajstić information content (AvgIpc) is 2.87. The Labute approximate surface area is 111 Å². The molecule has 1 unspecified atom stereocenters. The number of benzene rings is 1. The molecule has 0 spiro atoms. The summed E-state index contributed by atoms with van der Waals surface area (Å²) in [5.41, 5.74) is 7.16. The van der Waals surface area contributed by atoms with Crippen LogP contribution in [-0.4, -0.2) is 17.6 Å². The van der Waals surface area contributed by atoms with Gasteiger partial charge in [-0.2, -0.15) is 11.8 Å². The Kier molecular flexibility index (Phi) is 3.01. The van der Waals surface area contributed by atoms with Crippen LogP contribution in [0, 0.1) is 0 Å². The van der Waals surface area contributed by atoms with Gasteiger partial charge in [-0.05, 0) is 42.7 Å². The predicted octanol–water partition coefficient (Wildman–Crippen LogP) is 3.17. The molecular weight excluding hydrogens is 254 g/mol. The molecule has 2 nitrogen and oxygen atoms in total. The average molecular weight is 270 g/mol. The van der Waals surface area contributed by atoms with Crippen molar-refractivity contribution in [3.63, 3.8) is 0 Å². The summed E-state index contributed by atoms with van der Waals surface area (Å²) in [5.74, 6) is 3.05. The van der Waals surface area contributed by atoms with Crippen molar-refractivity contribution in [1.82, 2.24) is 0 Å². The quantitative estimate of drug-likeness (QED) is 0.915. The van der Waals surface area contributed by atoms with E-state index in [1.807, 2.05) is 23.9 Å². The minimum Gasteiger partial charge on any atom is -0.488 e. The van der Waals surface area contributed by atoms with Crippen LogP contribution in [0.3, 0.4) is 0 Å². The fourth-order valence-corrected chi connectivity index (χ4v) is 3.43. The van der Waals surface area contributed by atoms with E-state index >= 15 is 0 Å². The summed E-state index contributed by atoms with van der Waals surface area (Å²) in [7, 11) is 0. The van der Waals surface area contributed by atoms with Gasteiger partial charge in [-0.25, -0.2) is 0 Å². The van der Waals surface area contributed by atoms with Crippen LogP contribution < -0.4 is 10.5 Å². The van der Waals surface area contributed by atoms with Gasteiger partial charge in [0, 0.05) is 11.3 Å². The van der Waals surface area contributed by atoms with E-state index in [-0.39, 0.29) is 5.54 Å². The van der Waals surface area contributed by atoms with E-state index in [9.17, 15) is 0 Å². The SMILES string of the molecule is NC1(c2ccc(OC3CCSC3)c(Cl)c2)CC1. The summed E-state index contributed by atoms with van der Waals surface area (Å²) < 4.78 is 5.90. The van der Waals surface area contributed by atoms with E-state index in [0.29, 0.717) is 11.1 Å². The maximum absolute atomic E-state index is 6.25. The molecule has 17 heavy (non-hydrogen) atoms. The first-order valence-electron chi connectivity index (χ1n) is 6.01. The highest BCUT2D eigenvalue weighted by Crippen LogP contribution is 2.44. The third kappa shape index (κ3) is 2.42. The molecule has 0 amide bonds. The molecule has 1 aliphatic carbocycles. The van der Waals surface area contributed by atoms with Crippen LogP contribution in [0.25, 0.3) is 0 Å². The number of hydrogen-bond donors (Lipinski definition) is 1. The maximum atomic E-state index is 6.25. The molecule has 1 saturated heterocycles. The van der Waals surface area contributed by atoms with E-state index < -0.39 is 0 Å². The van der Waals surface area contributed by atoms with Crippen molar-refractivity contribution < 1.29 is 4.74 Å². The van der Waals surface area contributed by atoms with Crippen LogP contribution in [0.15, 0.2) is 18.2 Å². The number of rotatable bonds is 3. The fraction of sp³-hybridized carbons (Fsp3) is 0.538. The summed E-state index contributed by atoms with van der Waals surface area (Å²) in [6, 6.07) is 5.98. The lowest BCUT2D eigenvalue weighted by Crippen LogP contribution is -2.19. The molecule has 3 rings (SSSR count). The normalized spacial score (nSPS) is 25.9. The van der Waals surface area contributed by atoms with Crippen LogP contribution in [0.4, 0.5) is 0 Å². The smallest absolute Gasteiger partial charge is 0.138 e. The van der Waals surface area contributed by atoms with Gasteiger partial charge in [0.2, 0.25) is 0 Å². The summed E-state index contributed by atoms with van der Waals surface area (Å²) in [6.07, 6.45) is 3.55. The zero-order valence-corrected chi connectivity index (χ0v) is 11.2. The lowest BCUT2D eigenvalue weighted by Gasteiger charge is -2.16. The summed E-state index contributed by atoms with van der Waals surface area (Å²) in [5, 5.41) is 0.691. The van der Waals surface area contributed by atoms with E-state index in [4.69, 9.17) is 22.1 Å². The maximum Gasteiger partial charge on any atom is 0.138 e. The van der Waals surface area contributed by atoms with Crippen molar-refractivity contribution in [3.8, 4) is 5.75 Å². The molecular formula is C13H16ClNOS. The van der Waals surface area contributed by atoms with Gasteiger partial charge in [-0.3, -0.25) is 0 Å². The number of halogens is 1. The molecule has 1 aliphatic heterocycles. The van der Waals surface area contributed by atoms with Crippen molar-refractivity contribution >= 4 is 23.4 Å². The number of nitrogens with two attached hydrogens (primary N) is 1. The Morgan fingerprint density at radius 2 is 2.24 bits per heavy atom. The van der Waals surface area contributed by atoms with Crippen LogP contribution in [0.5, 0.6) is 5.75 Å². The minimum atomic E-state index is -0.120. The highest BCUT2D eigenvalue weighted by molar-refractivity contribution is 7.99. The monoisotopic (exact) mass is 269 g/mol. The molecule has 1 saturated carbocycles. The highest BCUT2D eigenvalue weighted by Gasteiger charge is 2.40. The molecule has 4 heteroatoms. The van der Waals surface area contributed by atoms with Gasteiger partial charge in [0.25, 0.3) is 0 Å². The van der Waals surface area contributed by atoms with Crippen LogP contribution in [0.2, 0.25) is 5.02 Å². The van der Waals surface area contributed by atoms with E-state index in [2.05, 4.69) is 6.07 Å². The van der Waals surface area contributed by atoms with Gasteiger partial charge in [-0.15, -0.1) is 0 Å². The van der Waals surface area contributed by atoms with E-state index in [1.54, 1.807) is 0 Å². The molecule has 92 valence electrons. The topological polar surface area (TPSA) is 35.2 Å². The van der Waals surface area contributed by atoms with Gasteiger partial charge in [0.1, 0.15) is 11.9 Å².